The summed E-state index contributed by atoms with van der Waals surface area (Å²) >= 11 is 0. The van der Waals surface area contributed by atoms with Gasteiger partial charge in [-0.3, -0.25) is 9.59 Å². The molecule has 2 aromatic rings. The third-order valence-electron chi connectivity index (χ3n) is 5.78. The Bertz CT molecular complexity index is 1200. The average Bonchev–Trinajstić information content (AvgIpc) is 3.00. The number of carbonyl (C=O) groups excluding carboxylic acids is 2. The summed E-state index contributed by atoms with van der Waals surface area (Å²) in [5, 5.41) is 19.4. The Labute approximate surface area is 182 Å². The first-order chi connectivity index (χ1) is 15.2. The minimum atomic E-state index is -4.97. The molecule has 33 heavy (non-hydrogen) atoms. The van der Waals surface area contributed by atoms with Gasteiger partial charge >= 0.3 is 6.18 Å². The minimum Gasteiger partial charge on any atom is -0.505 e. The summed E-state index contributed by atoms with van der Waals surface area (Å²) in [6.07, 6.45) is -6.01. The molecule has 1 aromatic carbocycles. The van der Waals surface area contributed by atoms with E-state index >= 15 is 0 Å². The van der Waals surface area contributed by atoms with Crippen LogP contribution in [0.25, 0.3) is 0 Å². The normalized spacial score (nSPS) is 25.9. The van der Waals surface area contributed by atoms with Crippen LogP contribution in [0.5, 0.6) is 5.75 Å². The number of halogens is 5. The van der Waals surface area contributed by atoms with E-state index < -0.39 is 70.2 Å². The molecule has 1 aliphatic heterocycles. The number of amides is 2. The number of hydrogen-bond donors (Lipinski definition) is 3. The largest absolute Gasteiger partial charge is 0.505 e. The Hall–Kier alpha value is -3.48. The molecule has 0 bridgehead atoms. The zero-order valence-corrected chi connectivity index (χ0v) is 17.1. The maximum atomic E-state index is 14.0. The van der Waals surface area contributed by atoms with Crippen molar-refractivity contribution in [3.05, 3.63) is 58.7 Å². The fourth-order valence-corrected chi connectivity index (χ4v) is 3.76. The molecule has 0 saturated carbocycles. The van der Waals surface area contributed by atoms with Gasteiger partial charge < -0.3 is 20.8 Å². The summed E-state index contributed by atoms with van der Waals surface area (Å²) in [4.78, 5) is 27.9. The van der Waals surface area contributed by atoms with Crippen molar-refractivity contribution in [2.24, 2.45) is 16.6 Å². The van der Waals surface area contributed by atoms with Crippen molar-refractivity contribution in [3.8, 4) is 5.75 Å². The number of phenols is 1. The number of carbonyl (C=O) groups is 2. The number of alkyl halides is 3. The average molecular weight is 475 g/mol. The molecular formula is C20H18F5N3O5. The van der Waals surface area contributed by atoms with Crippen molar-refractivity contribution >= 4 is 11.8 Å². The van der Waals surface area contributed by atoms with Crippen LogP contribution in [0.1, 0.15) is 35.8 Å². The molecule has 2 amide bonds. The second kappa shape index (κ2) is 8.14. The van der Waals surface area contributed by atoms with Crippen LogP contribution in [-0.4, -0.2) is 44.7 Å². The number of pyridine rings is 1. The predicted molar refractivity (Wildman–Crippen MR) is 100.0 cm³/mol. The zero-order chi connectivity index (χ0) is 24.9. The van der Waals surface area contributed by atoms with E-state index in [0.717, 1.165) is 31.3 Å². The molecule has 2 heterocycles. The van der Waals surface area contributed by atoms with Gasteiger partial charge in [-0.25, -0.2) is 9.38 Å². The van der Waals surface area contributed by atoms with Crippen LogP contribution in [0.15, 0.2) is 35.5 Å². The smallest absolute Gasteiger partial charge is 0.417 e. The van der Waals surface area contributed by atoms with Gasteiger partial charge in [0.05, 0.1) is 5.36 Å². The third-order valence-corrected chi connectivity index (χ3v) is 5.78. The van der Waals surface area contributed by atoms with Gasteiger partial charge in [0, 0.05) is 23.6 Å². The molecule has 1 saturated heterocycles. The van der Waals surface area contributed by atoms with Gasteiger partial charge in [0.25, 0.3) is 11.8 Å². The first-order valence-electron chi connectivity index (χ1n) is 9.40. The molecule has 8 nitrogen and oxygen atoms in total. The van der Waals surface area contributed by atoms with Crippen LogP contribution >= 0.6 is 0 Å². The number of primary amides is 1. The number of aromatic nitrogens is 1. The highest BCUT2D eigenvalue weighted by Gasteiger charge is 2.65. The summed E-state index contributed by atoms with van der Waals surface area (Å²) in [5.41, 5.74) is 1.25. The molecule has 0 aliphatic carbocycles. The van der Waals surface area contributed by atoms with Crippen molar-refractivity contribution in [3.63, 3.8) is 0 Å². The van der Waals surface area contributed by atoms with E-state index in [9.17, 15) is 41.9 Å². The van der Waals surface area contributed by atoms with E-state index in [2.05, 4.69) is 4.99 Å². The SMILES string of the molecule is C[C@H]1[C@@H](c2ccc(F)c(F)c2O)[C@H](C(=O)N=c2ccn(O)c(C(N)=O)c2)O[C@]1(C)C(F)(F)F. The van der Waals surface area contributed by atoms with Gasteiger partial charge in [-0.2, -0.15) is 22.3 Å². The lowest BCUT2D eigenvalue weighted by molar-refractivity contribution is -0.272. The van der Waals surface area contributed by atoms with E-state index in [4.69, 9.17) is 10.5 Å². The Morgan fingerprint density at radius 1 is 1.24 bits per heavy atom. The number of nitrogens with zero attached hydrogens (tertiary/aromatic N) is 2. The summed E-state index contributed by atoms with van der Waals surface area (Å²) in [6.45, 7) is 1.78. The van der Waals surface area contributed by atoms with Crippen molar-refractivity contribution in [2.75, 3.05) is 0 Å². The quantitative estimate of drug-likeness (QED) is 0.464. The number of rotatable bonds is 3. The maximum Gasteiger partial charge on any atom is 0.417 e. The van der Waals surface area contributed by atoms with Crippen LogP contribution in [0.2, 0.25) is 0 Å². The number of aromatic hydroxyl groups is 1. The Kier molecular flexibility index (Phi) is 5.96. The van der Waals surface area contributed by atoms with Gasteiger partial charge in [-0.1, -0.05) is 13.0 Å². The predicted octanol–water partition coefficient (Wildman–Crippen LogP) is 2.38. The monoisotopic (exact) mass is 475 g/mol. The molecule has 4 N–H and O–H groups in total. The fraction of sp³-hybridized carbons (Fsp3) is 0.350. The molecule has 1 fully saturated rings. The highest BCUT2D eigenvalue weighted by Crippen LogP contribution is 2.54. The number of ether oxygens (including phenoxy) is 1. The van der Waals surface area contributed by atoms with Crippen molar-refractivity contribution in [1.29, 1.82) is 0 Å². The van der Waals surface area contributed by atoms with Gasteiger partial charge in [0.2, 0.25) is 5.82 Å². The van der Waals surface area contributed by atoms with E-state index in [1.54, 1.807) is 0 Å². The Morgan fingerprint density at radius 3 is 2.45 bits per heavy atom. The van der Waals surface area contributed by atoms with Crippen molar-refractivity contribution < 1.29 is 46.6 Å². The van der Waals surface area contributed by atoms with Crippen LogP contribution in [0, 0.1) is 17.6 Å². The molecule has 4 atom stereocenters. The number of hydrogen-bond acceptors (Lipinski definition) is 5. The van der Waals surface area contributed by atoms with Crippen LogP contribution < -0.4 is 11.1 Å². The van der Waals surface area contributed by atoms with Crippen LogP contribution in [0.3, 0.4) is 0 Å². The highest BCUT2D eigenvalue weighted by molar-refractivity contribution is 5.91. The Balaban J connectivity index is 2.15. The number of benzene rings is 1. The molecule has 3 rings (SSSR count). The summed E-state index contributed by atoms with van der Waals surface area (Å²) in [6, 6.07) is 3.44. The van der Waals surface area contributed by atoms with Gasteiger partial charge in [0.1, 0.15) is 11.8 Å². The standard InChI is InChI=1S/C20H18F5N3O5/c1-8-13(10-3-4-11(21)14(22)15(10)29)16(33-19(8,2)20(23,24)25)18(31)27-9-5-6-28(32)12(7-9)17(26)30/h3-8,13,16,29,32H,1-2H3,(H2,26,30)/t8-,13-,16+,19-/m0/s1. The summed E-state index contributed by atoms with van der Waals surface area (Å²) in [7, 11) is 0. The molecule has 13 heteroatoms. The van der Waals surface area contributed by atoms with Crippen LogP contribution in [-0.2, 0) is 9.53 Å². The zero-order valence-electron chi connectivity index (χ0n) is 17.1. The lowest BCUT2D eigenvalue weighted by atomic mass is 9.77. The van der Waals surface area contributed by atoms with Gasteiger partial charge in [-0.05, 0) is 25.1 Å². The summed E-state index contributed by atoms with van der Waals surface area (Å²) < 4.78 is 74.4. The number of nitrogens with two attached hydrogens (primary N) is 1. The molecule has 1 aromatic heterocycles. The lowest BCUT2D eigenvalue weighted by Crippen LogP contribution is -2.47. The van der Waals surface area contributed by atoms with Crippen LogP contribution in [0.4, 0.5) is 22.0 Å². The highest BCUT2D eigenvalue weighted by atomic mass is 19.4. The number of phenolic OH excluding ortho intramolecular Hbond substituents is 1. The molecule has 0 radical (unpaired) electrons. The van der Waals surface area contributed by atoms with Gasteiger partial charge in [0.15, 0.2) is 17.2 Å². The van der Waals surface area contributed by atoms with E-state index in [1.165, 1.54) is 0 Å². The van der Waals surface area contributed by atoms with Crippen molar-refractivity contribution in [1.82, 2.24) is 4.73 Å². The first-order valence-corrected chi connectivity index (χ1v) is 9.40. The summed E-state index contributed by atoms with van der Waals surface area (Å²) in [5.74, 6) is -9.81. The second-order valence-electron chi connectivity index (χ2n) is 7.69. The van der Waals surface area contributed by atoms with Crippen molar-refractivity contribution in [2.45, 2.75) is 37.6 Å². The van der Waals surface area contributed by atoms with E-state index in [1.807, 2.05) is 0 Å². The van der Waals surface area contributed by atoms with E-state index in [-0.39, 0.29) is 5.36 Å². The molecule has 178 valence electrons. The topological polar surface area (TPSA) is 127 Å². The molecule has 0 unspecified atom stereocenters. The van der Waals surface area contributed by atoms with Gasteiger partial charge in [-0.15, -0.1) is 0 Å². The van der Waals surface area contributed by atoms with E-state index in [0.29, 0.717) is 17.7 Å². The minimum absolute atomic E-state index is 0.246. The second-order valence-corrected chi connectivity index (χ2v) is 7.69. The fourth-order valence-electron chi connectivity index (χ4n) is 3.76. The third kappa shape index (κ3) is 4.03. The molecule has 0 spiro atoms. The Morgan fingerprint density at radius 2 is 1.88 bits per heavy atom. The maximum absolute atomic E-state index is 14.0. The molecular weight excluding hydrogens is 457 g/mol. The first kappa shape index (κ1) is 24.2. The molecule has 1 aliphatic rings. The lowest BCUT2D eigenvalue weighted by Gasteiger charge is -2.31.